The van der Waals surface area contributed by atoms with E-state index >= 15 is 0 Å². The van der Waals surface area contributed by atoms with Gasteiger partial charge in [-0.3, -0.25) is 0 Å². The Bertz CT molecular complexity index is 523. The van der Waals surface area contributed by atoms with E-state index in [1.165, 1.54) is 18.2 Å². The number of ether oxygens (including phenoxy) is 1. The molecule has 0 saturated carbocycles. The van der Waals surface area contributed by atoms with Crippen molar-refractivity contribution >= 4 is 23.0 Å². The Morgan fingerprint density at radius 2 is 2.24 bits per heavy atom. The number of aromatic carboxylic acids is 1. The summed E-state index contributed by atoms with van der Waals surface area (Å²) in [7, 11) is 0. The van der Waals surface area contributed by atoms with Crippen LogP contribution in [-0.2, 0) is 6.61 Å². The van der Waals surface area contributed by atoms with Crippen LogP contribution in [0.15, 0.2) is 35.0 Å². The van der Waals surface area contributed by atoms with Crippen LogP contribution in [0.4, 0.5) is 5.69 Å². The molecule has 5 heteroatoms. The standard InChI is InChI=1S/C12H11NO3S/c13-10-2-1-9(12(14)15)5-11(10)16-6-8-3-4-17-7-8/h1-5,7H,6,13H2,(H,14,15). The van der Waals surface area contributed by atoms with E-state index < -0.39 is 5.97 Å². The first kappa shape index (κ1) is 11.5. The molecule has 1 aromatic heterocycles. The Labute approximate surface area is 102 Å². The number of thiophene rings is 1. The molecule has 4 nitrogen and oxygen atoms in total. The second kappa shape index (κ2) is 4.88. The fourth-order valence-electron chi connectivity index (χ4n) is 1.33. The molecular formula is C12H11NO3S. The largest absolute Gasteiger partial charge is 0.487 e. The zero-order chi connectivity index (χ0) is 12.3. The normalized spacial score (nSPS) is 10.1. The van der Waals surface area contributed by atoms with Gasteiger partial charge in [0.1, 0.15) is 12.4 Å². The number of nitrogens with two attached hydrogens (primary N) is 1. The topological polar surface area (TPSA) is 72.6 Å². The van der Waals surface area contributed by atoms with Crippen molar-refractivity contribution in [1.82, 2.24) is 0 Å². The summed E-state index contributed by atoms with van der Waals surface area (Å²) in [6.45, 7) is 0.386. The first-order valence-electron chi connectivity index (χ1n) is 4.93. The van der Waals surface area contributed by atoms with Crippen molar-refractivity contribution in [3.63, 3.8) is 0 Å². The van der Waals surface area contributed by atoms with Gasteiger partial charge in [-0.2, -0.15) is 11.3 Å². The molecule has 1 heterocycles. The molecule has 0 spiro atoms. The van der Waals surface area contributed by atoms with E-state index in [1.54, 1.807) is 11.3 Å². The molecule has 0 bridgehead atoms. The first-order chi connectivity index (χ1) is 8.16. The lowest BCUT2D eigenvalue weighted by atomic mass is 10.2. The number of hydrogen-bond acceptors (Lipinski definition) is 4. The zero-order valence-corrected chi connectivity index (χ0v) is 9.74. The van der Waals surface area contributed by atoms with Crippen molar-refractivity contribution < 1.29 is 14.6 Å². The second-order valence-corrected chi connectivity index (χ2v) is 4.26. The summed E-state index contributed by atoms with van der Waals surface area (Å²) in [6, 6.07) is 6.37. The average molecular weight is 249 g/mol. The van der Waals surface area contributed by atoms with Gasteiger partial charge in [0.05, 0.1) is 11.3 Å². The van der Waals surface area contributed by atoms with E-state index in [2.05, 4.69) is 0 Å². The number of carbonyl (C=O) groups is 1. The van der Waals surface area contributed by atoms with Gasteiger partial charge in [-0.25, -0.2) is 4.79 Å². The predicted molar refractivity (Wildman–Crippen MR) is 66.5 cm³/mol. The second-order valence-electron chi connectivity index (χ2n) is 3.48. The molecule has 88 valence electrons. The van der Waals surface area contributed by atoms with Gasteiger partial charge in [0, 0.05) is 0 Å². The van der Waals surface area contributed by atoms with Gasteiger partial charge < -0.3 is 15.6 Å². The Morgan fingerprint density at radius 3 is 2.88 bits per heavy atom. The molecule has 0 atom stereocenters. The molecule has 2 rings (SSSR count). The first-order valence-corrected chi connectivity index (χ1v) is 5.88. The fourth-order valence-corrected chi connectivity index (χ4v) is 1.98. The Morgan fingerprint density at radius 1 is 1.41 bits per heavy atom. The monoisotopic (exact) mass is 249 g/mol. The van der Waals surface area contributed by atoms with E-state index in [-0.39, 0.29) is 5.56 Å². The highest BCUT2D eigenvalue weighted by molar-refractivity contribution is 7.07. The molecule has 0 aliphatic carbocycles. The molecule has 17 heavy (non-hydrogen) atoms. The van der Waals surface area contributed by atoms with Crippen LogP contribution in [0.25, 0.3) is 0 Å². The third-order valence-electron chi connectivity index (χ3n) is 2.23. The summed E-state index contributed by atoms with van der Waals surface area (Å²) < 4.78 is 5.49. The Balaban J connectivity index is 2.14. The Hall–Kier alpha value is -2.01. The van der Waals surface area contributed by atoms with Gasteiger partial charge in [-0.15, -0.1) is 0 Å². The lowest BCUT2D eigenvalue weighted by Crippen LogP contribution is -2.01. The van der Waals surface area contributed by atoms with Gasteiger partial charge in [-0.1, -0.05) is 0 Å². The molecule has 2 aromatic rings. The van der Waals surface area contributed by atoms with Gasteiger partial charge >= 0.3 is 5.97 Å². The lowest BCUT2D eigenvalue weighted by molar-refractivity contribution is 0.0696. The SMILES string of the molecule is Nc1ccc(C(=O)O)cc1OCc1ccsc1. The van der Waals surface area contributed by atoms with E-state index in [1.807, 2.05) is 16.8 Å². The molecule has 0 saturated heterocycles. The maximum Gasteiger partial charge on any atom is 0.335 e. The van der Waals surface area contributed by atoms with Crippen molar-refractivity contribution in [2.45, 2.75) is 6.61 Å². The molecule has 0 fully saturated rings. The van der Waals surface area contributed by atoms with Crippen molar-refractivity contribution in [3.05, 3.63) is 46.2 Å². The summed E-state index contributed by atoms with van der Waals surface area (Å²) in [6.07, 6.45) is 0. The van der Waals surface area contributed by atoms with Crippen LogP contribution in [0, 0.1) is 0 Å². The molecular weight excluding hydrogens is 238 g/mol. The number of nitrogen functional groups attached to an aromatic ring is 1. The minimum absolute atomic E-state index is 0.166. The minimum atomic E-state index is -0.995. The number of carboxylic acids is 1. The van der Waals surface area contributed by atoms with Gasteiger partial charge in [0.25, 0.3) is 0 Å². The molecule has 0 amide bonds. The molecule has 0 aliphatic heterocycles. The van der Waals surface area contributed by atoms with Crippen LogP contribution < -0.4 is 10.5 Å². The smallest absolute Gasteiger partial charge is 0.335 e. The maximum absolute atomic E-state index is 10.8. The van der Waals surface area contributed by atoms with E-state index in [9.17, 15) is 4.79 Å². The zero-order valence-electron chi connectivity index (χ0n) is 8.92. The number of benzene rings is 1. The van der Waals surface area contributed by atoms with Crippen molar-refractivity contribution in [2.24, 2.45) is 0 Å². The average Bonchev–Trinajstić information content (AvgIpc) is 2.80. The highest BCUT2D eigenvalue weighted by Crippen LogP contribution is 2.24. The fraction of sp³-hybridized carbons (Fsp3) is 0.0833. The van der Waals surface area contributed by atoms with Crippen molar-refractivity contribution in [2.75, 3.05) is 5.73 Å². The van der Waals surface area contributed by atoms with Gasteiger partial charge in [0.2, 0.25) is 0 Å². The minimum Gasteiger partial charge on any atom is -0.487 e. The van der Waals surface area contributed by atoms with Gasteiger partial charge in [-0.05, 0) is 40.6 Å². The molecule has 0 unspecified atom stereocenters. The number of carboxylic acid groups (broad SMARTS) is 1. The van der Waals surface area contributed by atoms with Crippen molar-refractivity contribution in [3.8, 4) is 5.75 Å². The van der Waals surface area contributed by atoms with Crippen LogP contribution in [0.2, 0.25) is 0 Å². The van der Waals surface area contributed by atoms with Crippen molar-refractivity contribution in [1.29, 1.82) is 0 Å². The summed E-state index contributed by atoms with van der Waals surface area (Å²) in [5, 5.41) is 12.8. The third-order valence-corrected chi connectivity index (χ3v) is 2.97. The highest BCUT2D eigenvalue weighted by atomic mass is 32.1. The van der Waals surface area contributed by atoms with Crippen LogP contribution in [0.3, 0.4) is 0 Å². The van der Waals surface area contributed by atoms with Crippen LogP contribution >= 0.6 is 11.3 Å². The Kier molecular flexibility index (Phi) is 3.30. The maximum atomic E-state index is 10.8. The van der Waals surface area contributed by atoms with Crippen LogP contribution in [-0.4, -0.2) is 11.1 Å². The molecule has 1 aromatic carbocycles. The molecule has 0 radical (unpaired) electrons. The molecule has 3 N–H and O–H groups in total. The highest BCUT2D eigenvalue weighted by Gasteiger charge is 2.07. The molecule has 0 aliphatic rings. The number of anilines is 1. The number of rotatable bonds is 4. The summed E-state index contributed by atoms with van der Waals surface area (Å²) in [5.41, 5.74) is 7.35. The summed E-state index contributed by atoms with van der Waals surface area (Å²) in [5.74, 6) is -0.596. The van der Waals surface area contributed by atoms with E-state index in [0.717, 1.165) is 5.56 Å². The predicted octanol–water partition coefficient (Wildman–Crippen LogP) is 2.61. The van der Waals surface area contributed by atoms with E-state index in [4.69, 9.17) is 15.6 Å². The quantitative estimate of drug-likeness (QED) is 0.817. The summed E-state index contributed by atoms with van der Waals surface area (Å²) in [4.78, 5) is 10.8. The summed E-state index contributed by atoms with van der Waals surface area (Å²) >= 11 is 1.58. The number of hydrogen-bond donors (Lipinski definition) is 2. The van der Waals surface area contributed by atoms with Crippen LogP contribution in [0.1, 0.15) is 15.9 Å². The van der Waals surface area contributed by atoms with E-state index in [0.29, 0.717) is 18.0 Å². The van der Waals surface area contributed by atoms with Gasteiger partial charge in [0.15, 0.2) is 0 Å². The lowest BCUT2D eigenvalue weighted by Gasteiger charge is -2.08. The van der Waals surface area contributed by atoms with Crippen LogP contribution in [0.5, 0.6) is 5.75 Å². The third kappa shape index (κ3) is 2.76.